The van der Waals surface area contributed by atoms with Gasteiger partial charge in [-0.1, -0.05) is 219 Å². The van der Waals surface area contributed by atoms with Gasteiger partial charge in [-0.05, 0) is 12.8 Å². The van der Waals surface area contributed by atoms with Gasteiger partial charge in [0.25, 0.3) is 0 Å². The highest BCUT2D eigenvalue weighted by molar-refractivity contribution is 7.46. The van der Waals surface area contributed by atoms with Crippen molar-refractivity contribution in [2.45, 2.75) is 256 Å². The molecule has 0 saturated carbocycles. The monoisotopic (exact) mass is 720 g/mol. The average molecular weight is 720 g/mol. The largest absolute Gasteiger partial charge is 0.470 e. The molecule has 0 amide bonds. The van der Waals surface area contributed by atoms with Crippen molar-refractivity contribution in [2.24, 2.45) is 5.73 Å². The third-order valence-corrected chi connectivity index (χ3v) is 11.2. The summed E-state index contributed by atoms with van der Waals surface area (Å²) in [4.78, 5) is 19.6. The standard InChI is InChI=1S/C41H86NO6P/c1-3-5-7-9-11-13-15-17-19-21-23-25-27-29-31-33-35-40(42)41(37-39(44)38-43,48-49(45,46)47)36-34-32-30-28-26-24-22-20-18-16-14-12-10-8-6-4-2/h39-40,43-44H,3-38,42H2,1-2H3,(H2,45,46,47). The van der Waals surface area contributed by atoms with Crippen LogP contribution in [-0.2, 0) is 9.09 Å². The Morgan fingerprint density at radius 2 is 0.816 bits per heavy atom. The molecule has 6 N–H and O–H groups in total. The van der Waals surface area contributed by atoms with E-state index in [1.807, 2.05) is 0 Å². The van der Waals surface area contributed by atoms with E-state index < -0.39 is 32.2 Å². The Balaban J connectivity index is 4.30. The molecule has 3 atom stereocenters. The quantitative estimate of drug-likeness (QED) is 0.0314. The normalized spacial score (nSPS) is 14.7. The molecule has 0 aromatic heterocycles. The Labute approximate surface area is 305 Å². The van der Waals surface area contributed by atoms with Crippen LogP contribution < -0.4 is 5.73 Å². The van der Waals surface area contributed by atoms with Gasteiger partial charge in [0.1, 0.15) is 0 Å². The molecule has 0 radical (unpaired) electrons. The fourth-order valence-electron chi connectivity index (χ4n) is 7.44. The minimum absolute atomic E-state index is 0.0760. The highest BCUT2D eigenvalue weighted by Crippen LogP contribution is 2.47. The van der Waals surface area contributed by atoms with Crippen molar-refractivity contribution in [1.82, 2.24) is 0 Å². The first kappa shape index (κ1) is 49.0. The number of phosphoric ester groups is 1. The second kappa shape index (κ2) is 35.0. The second-order valence-electron chi connectivity index (χ2n) is 15.4. The first-order valence-electron chi connectivity index (χ1n) is 21.5. The van der Waals surface area contributed by atoms with Crippen LogP contribution >= 0.6 is 7.82 Å². The number of hydrogen-bond donors (Lipinski definition) is 5. The number of nitrogens with two attached hydrogens (primary N) is 1. The van der Waals surface area contributed by atoms with E-state index in [4.69, 9.17) is 10.3 Å². The molecule has 0 aromatic rings. The molecule has 0 saturated heterocycles. The zero-order valence-electron chi connectivity index (χ0n) is 32.7. The first-order chi connectivity index (χ1) is 23.7. The Hall–Kier alpha value is -0.0100. The van der Waals surface area contributed by atoms with Crippen molar-refractivity contribution >= 4 is 7.82 Å². The lowest BCUT2D eigenvalue weighted by Crippen LogP contribution is -2.52. The van der Waals surface area contributed by atoms with Crippen molar-refractivity contribution in [3.8, 4) is 0 Å². The Morgan fingerprint density at radius 3 is 1.10 bits per heavy atom. The highest BCUT2D eigenvalue weighted by atomic mass is 31.2. The molecule has 0 spiro atoms. The fourth-order valence-corrected chi connectivity index (χ4v) is 8.21. The molecule has 8 heteroatoms. The van der Waals surface area contributed by atoms with E-state index in [2.05, 4.69) is 13.8 Å². The molecule has 296 valence electrons. The van der Waals surface area contributed by atoms with Crippen LogP contribution in [0.1, 0.15) is 239 Å². The van der Waals surface area contributed by atoms with E-state index in [9.17, 15) is 24.6 Å². The van der Waals surface area contributed by atoms with Gasteiger partial charge < -0.3 is 25.7 Å². The summed E-state index contributed by atoms with van der Waals surface area (Å²) in [5.41, 5.74) is 5.27. The lowest BCUT2D eigenvalue weighted by molar-refractivity contribution is -0.0480. The number of rotatable bonds is 40. The van der Waals surface area contributed by atoms with Gasteiger partial charge in [-0.2, -0.15) is 0 Å². The van der Waals surface area contributed by atoms with E-state index in [-0.39, 0.29) is 6.42 Å². The second-order valence-corrected chi connectivity index (χ2v) is 16.6. The molecular formula is C41H86NO6P. The summed E-state index contributed by atoms with van der Waals surface area (Å²) in [6, 6.07) is -0.621. The number of phosphoric acid groups is 1. The van der Waals surface area contributed by atoms with E-state index in [0.29, 0.717) is 12.8 Å². The van der Waals surface area contributed by atoms with Gasteiger partial charge in [0, 0.05) is 12.5 Å². The number of hydrogen-bond acceptors (Lipinski definition) is 5. The third-order valence-electron chi connectivity index (χ3n) is 10.6. The minimum atomic E-state index is -4.85. The summed E-state index contributed by atoms with van der Waals surface area (Å²) in [5, 5.41) is 19.9. The van der Waals surface area contributed by atoms with Gasteiger partial charge in [-0.3, -0.25) is 4.52 Å². The van der Waals surface area contributed by atoms with E-state index in [0.717, 1.165) is 44.9 Å². The van der Waals surface area contributed by atoms with Crippen LogP contribution in [-0.4, -0.2) is 44.4 Å². The predicted molar refractivity (Wildman–Crippen MR) is 210 cm³/mol. The molecule has 0 fully saturated rings. The molecule has 0 heterocycles. The maximum Gasteiger partial charge on any atom is 0.470 e. The lowest BCUT2D eigenvalue weighted by atomic mass is 9.81. The lowest BCUT2D eigenvalue weighted by Gasteiger charge is -2.40. The summed E-state index contributed by atoms with van der Waals surface area (Å²) in [5.74, 6) is 0. The minimum Gasteiger partial charge on any atom is -0.394 e. The molecule has 49 heavy (non-hydrogen) atoms. The Kier molecular flexibility index (Phi) is 35.0. The average Bonchev–Trinajstić information content (AvgIpc) is 3.06. The number of unbranched alkanes of at least 4 members (excludes halogenated alkanes) is 30. The van der Waals surface area contributed by atoms with Crippen LogP contribution in [0.4, 0.5) is 0 Å². The Bertz CT molecular complexity index is 722. The van der Waals surface area contributed by atoms with Gasteiger partial charge in [-0.25, -0.2) is 4.57 Å². The summed E-state index contributed by atoms with van der Waals surface area (Å²) in [6.45, 7) is 4.05. The van der Waals surface area contributed by atoms with Crippen molar-refractivity contribution in [3.63, 3.8) is 0 Å². The topological polar surface area (TPSA) is 133 Å². The first-order valence-corrected chi connectivity index (χ1v) is 23.0. The van der Waals surface area contributed by atoms with Gasteiger partial charge in [0.15, 0.2) is 0 Å². The van der Waals surface area contributed by atoms with Gasteiger partial charge in [0.2, 0.25) is 0 Å². The predicted octanol–water partition coefficient (Wildman–Crippen LogP) is 12.2. The van der Waals surface area contributed by atoms with Crippen LogP contribution in [0.15, 0.2) is 0 Å². The van der Waals surface area contributed by atoms with Crippen molar-refractivity contribution in [2.75, 3.05) is 6.61 Å². The number of aliphatic hydroxyl groups excluding tert-OH is 2. The maximum absolute atomic E-state index is 12.1. The van der Waals surface area contributed by atoms with E-state index in [1.54, 1.807) is 0 Å². The van der Waals surface area contributed by atoms with Gasteiger partial charge in [-0.15, -0.1) is 0 Å². The zero-order chi connectivity index (χ0) is 36.3. The summed E-state index contributed by atoms with van der Waals surface area (Å²) < 4.78 is 17.5. The smallest absolute Gasteiger partial charge is 0.394 e. The van der Waals surface area contributed by atoms with Crippen LogP contribution in [0.5, 0.6) is 0 Å². The molecule has 0 rings (SSSR count). The molecular weight excluding hydrogens is 633 g/mol. The van der Waals surface area contributed by atoms with Crippen molar-refractivity contribution in [1.29, 1.82) is 0 Å². The van der Waals surface area contributed by atoms with Crippen LogP contribution in [0.25, 0.3) is 0 Å². The van der Waals surface area contributed by atoms with Crippen molar-refractivity contribution in [3.05, 3.63) is 0 Å². The summed E-state index contributed by atoms with van der Waals surface area (Å²) >= 11 is 0. The molecule has 7 nitrogen and oxygen atoms in total. The molecule has 3 unspecified atom stereocenters. The summed E-state index contributed by atoms with van der Waals surface area (Å²) in [7, 11) is -4.85. The molecule has 0 aliphatic carbocycles. The van der Waals surface area contributed by atoms with E-state index >= 15 is 0 Å². The van der Waals surface area contributed by atoms with Crippen LogP contribution in [0.2, 0.25) is 0 Å². The summed E-state index contributed by atoms with van der Waals surface area (Å²) in [6.07, 6.45) is 40.3. The maximum atomic E-state index is 12.1. The van der Waals surface area contributed by atoms with Gasteiger partial charge >= 0.3 is 7.82 Å². The van der Waals surface area contributed by atoms with Gasteiger partial charge in [0.05, 0.1) is 18.3 Å². The zero-order valence-corrected chi connectivity index (χ0v) is 33.6. The van der Waals surface area contributed by atoms with Crippen LogP contribution in [0.3, 0.4) is 0 Å². The number of aliphatic hydroxyl groups is 2. The molecule has 0 aliphatic heterocycles. The Morgan fingerprint density at radius 1 is 0.531 bits per heavy atom. The van der Waals surface area contributed by atoms with E-state index in [1.165, 1.54) is 161 Å². The molecule has 0 bridgehead atoms. The molecule has 0 aliphatic rings. The molecule has 0 aromatic carbocycles. The van der Waals surface area contributed by atoms with Crippen LogP contribution in [0, 0.1) is 0 Å². The SMILES string of the molecule is CCCCCCCCCCCCCCCCCCC(N)C(CCCCCCCCCCCCCCCCCC)(CC(O)CO)OP(=O)(O)O. The highest BCUT2D eigenvalue weighted by Gasteiger charge is 2.44. The fraction of sp³-hybridized carbons (Fsp3) is 1.00. The van der Waals surface area contributed by atoms with Crippen molar-refractivity contribution < 1.29 is 29.1 Å². The third kappa shape index (κ3) is 32.4.